The summed E-state index contributed by atoms with van der Waals surface area (Å²) in [6, 6.07) is 10.1. The second-order valence-electron chi connectivity index (χ2n) is 3.82. The quantitative estimate of drug-likeness (QED) is 0.745. The molecular formula is C13H17N3O. The summed E-state index contributed by atoms with van der Waals surface area (Å²) in [5.74, 6) is 0.954. The monoisotopic (exact) mass is 231 g/mol. The number of para-hydroxylation sites is 1. The van der Waals surface area contributed by atoms with Crippen molar-refractivity contribution in [2.45, 2.75) is 13.0 Å². The van der Waals surface area contributed by atoms with E-state index in [0.717, 1.165) is 31.0 Å². The van der Waals surface area contributed by atoms with Crippen molar-refractivity contribution in [3.05, 3.63) is 47.8 Å². The highest BCUT2D eigenvalue weighted by Gasteiger charge is 2.00. The van der Waals surface area contributed by atoms with Gasteiger partial charge in [-0.15, -0.1) is 0 Å². The number of rotatable bonds is 6. The fraction of sp³-hybridized carbons (Fsp3) is 0.308. The van der Waals surface area contributed by atoms with Crippen molar-refractivity contribution in [2.24, 2.45) is 0 Å². The van der Waals surface area contributed by atoms with Gasteiger partial charge in [-0.3, -0.25) is 5.10 Å². The Morgan fingerprint density at radius 2 is 2.18 bits per heavy atom. The van der Waals surface area contributed by atoms with Gasteiger partial charge in [0.2, 0.25) is 0 Å². The van der Waals surface area contributed by atoms with Crippen LogP contribution in [0.3, 0.4) is 0 Å². The molecule has 0 aliphatic carbocycles. The Bertz CT molecular complexity index is 440. The fourth-order valence-electron chi connectivity index (χ4n) is 1.74. The van der Waals surface area contributed by atoms with Crippen LogP contribution in [0, 0.1) is 0 Å². The van der Waals surface area contributed by atoms with Crippen LogP contribution in [0.2, 0.25) is 0 Å². The van der Waals surface area contributed by atoms with Gasteiger partial charge < -0.3 is 10.1 Å². The Morgan fingerprint density at radius 3 is 2.94 bits per heavy atom. The average Bonchev–Trinajstić information content (AvgIpc) is 2.88. The van der Waals surface area contributed by atoms with Crippen molar-refractivity contribution >= 4 is 0 Å². The maximum Gasteiger partial charge on any atom is 0.122 e. The molecule has 0 unspecified atom stereocenters. The maximum atomic E-state index is 5.30. The van der Waals surface area contributed by atoms with Crippen LogP contribution in [0.5, 0.6) is 5.75 Å². The van der Waals surface area contributed by atoms with Crippen LogP contribution < -0.4 is 10.1 Å². The lowest BCUT2D eigenvalue weighted by Gasteiger charge is -2.08. The lowest BCUT2D eigenvalue weighted by Crippen LogP contribution is -2.17. The summed E-state index contributed by atoms with van der Waals surface area (Å²) in [6.07, 6.45) is 2.72. The molecule has 0 amide bonds. The Labute approximate surface area is 101 Å². The minimum absolute atomic E-state index is 0.815. The lowest BCUT2D eigenvalue weighted by molar-refractivity contribution is 0.409. The van der Waals surface area contributed by atoms with E-state index in [9.17, 15) is 0 Å². The van der Waals surface area contributed by atoms with Crippen LogP contribution in [0.25, 0.3) is 0 Å². The molecule has 2 aromatic rings. The minimum atomic E-state index is 0.815. The van der Waals surface area contributed by atoms with Gasteiger partial charge in [0.05, 0.1) is 7.11 Å². The molecule has 0 spiro atoms. The van der Waals surface area contributed by atoms with Crippen molar-refractivity contribution in [2.75, 3.05) is 13.7 Å². The highest BCUT2D eigenvalue weighted by molar-refractivity contribution is 5.33. The molecule has 0 bridgehead atoms. The van der Waals surface area contributed by atoms with Crippen molar-refractivity contribution in [1.29, 1.82) is 0 Å². The number of benzene rings is 1. The molecule has 0 saturated carbocycles. The summed E-state index contributed by atoms with van der Waals surface area (Å²) in [6.45, 7) is 1.73. The SMILES string of the molecule is COc1ccccc1CCNCc1ccn[nH]1. The van der Waals surface area contributed by atoms with Crippen LogP contribution in [-0.4, -0.2) is 23.9 Å². The Hall–Kier alpha value is -1.81. The standard InChI is InChI=1S/C13H17N3O/c1-17-13-5-3-2-4-11(13)6-8-14-10-12-7-9-15-16-12/h2-5,7,9,14H,6,8,10H2,1H3,(H,15,16). The Kier molecular flexibility index (Phi) is 4.16. The molecule has 2 rings (SSSR count). The molecule has 4 heteroatoms. The third-order valence-electron chi connectivity index (χ3n) is 2.64. The van der Waals surface area contributed by atoms with E-state index >= 15 is 0 Å². The molecule has 0 radical (unpaired) electrons. The highest BCUT2D eigenvalue weighted by Crippen LogP contribution is 2.17. The number of H-pyrrole nitrogens is 1. The van der Waals surface area contributed by atoms with Crippen molar-refractivity contribution in [3.63, 3.8) is 0 Å². The number of nitrogens with one attached hydrogen (secondary N) is 2. The molecule has 0 aliphatic heterocycles. The van der Waals surface area contributed by atoms with E-state index in [4.69, 9.17) is 4.74 Å². The molecule has 17 heavy (non-hydrogen) atoms. The summed E-state index contributed by atoms with van der Waals surface area (Å²) in [4.78, 5) is 0. The van der Waals surface area contributed by atoms with Gasteiger partial charge in [-0.05, 0) is 30.7 Å². The zero-order valence-corrected chi connectivity index (χ0v) is 9.94. The van der Waals surface area contributed by atoms with Crippen LogP contribution >= 0.6 is 0 Å². The van der Waals surface area contributed by atoms with Crippen molar-refractivity contribution in [3.8, 4) is 5.75 Å². The Morgan fingerprint density at radius 1 is 1.29 bits per heavy atom. The number of aromatic amines is 1. The summed E-state index contributed by atoms with van der Waals surface area (Å²) in [5.41, 5.74) is 2.33. The van der Waals surface area contributed by atoms with Gasteiger partial charge in [0, 0.05) is 18.4 Å². The van der Waals surface area contributed by atoms with Crippen molar-refractivity contribution in [1.82, 2.24) is 15.5 Å². The minimum Gasteiger partial charge on any atom is -0.496 e. The molecule has 90 valence electrons. The predicted molar refractivity (Wildman–Crippen MR) is 67.0 cm³/mol. The highest BCUT2D eigenvalue weighted by atomic mass is 16.5. The van der Waals surface area contributed by atoms with E-state index in [0.29, 0.717) is 0 Å². The summed E-state index contributed by atoms with van der Waals surface area (Å²) in [5, 5.41) is 10.2. The zero-order valence-electron chi connectivity index (χ0n) is 9.94. The van der Waals surface area contributed by atoms with Gasteiger partial charge in [-0.25, -0.2) is 0 Å². The van der Waals surface area contributed by atoms with Crippen molar-refractivity contribution < 1.29 is 4.74 Å². The van der Waals surface area contributed by atoms with Crippen LogP contribution in [0.15, 0.2) is 36.5 Å². The molecule has 0 saturated heterocycles. The normalized spacial score (nSPS) is 10.4. The molecule has 1 heterocycles. The molecule has 1 aromatic heterocycles. The lowest BCUT2D eigenvalue weighted by atomic mass is 10.1. The van der Waals surface area contributed by atoms with Gasteiger partial charge in [0.25, 0.3) is 0 Å². The molecule has 2 N–H and O–H groups in total. The van der Waals surface area contributed by atoms with E-state index in [-0.39, 0.29) is 0 Å². The first-order chi connectivity index (χ1) is 8.40. The third kappa shape index (κ3) is 3.32. The number of hydrogen-bond donors (Lipinski definition) is 2. The van der Waals surface area contributed by atoms with E-state index < -0.39 is 0 Å². The number of hydrogen-bond acceptors (Lipinski definition) is 3. The summed E-state index contributed by atoms with van der Waals surface area (Å²) < 4.78 is 5.30. The summed E-state index contributed by atoms with van der Waals surface area (Å²) >= 11 is 0. The van der Waals surface area contributed by atoms with Gasteiger partial charge in [-0.1, -0.05) is 18.2 Å². The van der Waals surface area contributed by atoms with Gasteiger partial charge in [0.1, 0.15) is 5.75 Å². The number of aromatic nitrogens is 2. The molecule has 4 nitrogen and oxygen atoms in total. The summed E-state index contributed by atoms with van der Waals surface area (Å²) in [7, 11) is 1.71. The predicted octanol–water partition coefficient (Wildman–Crippen LogP) is 1.75. The molecule has 0 aliphatic rings. The van der Waals surface area contributed by atoms with Gasteiger partial charge in [0.15, 0.2) is 0 Å². The van der Waals surface area contributed by atoms with Crippen LogP contribution in [0.1, 0.15) is 11.3 Å². The second kappa shape index (κ2) is 6.06. The third-order valence-corrected chi connectivity index (χ3v) is 2.64. The van der Waals surface area contributed by atoms with E-state index in [1.807, 2.05) is 24.3 Å². The molecule has 1 aromatic carbocycles. The van der Waals surface area contributed by atoms with E-state index in [1.165, 1.54) is 5.56 Å². The first kappa shape index (κ1) is 11.7. The fourth-order valence-corrected chi connectivity index (χ4v) is 1.74. The number of ether oxygens (including phenoxy) is 1. The number of nitrogens with zero attached hydrogens (tertiary/aromatic N) is 1. The first-order valence-corrected chi connectivity index (χ1v) is 5.71. The topological polar surface area (TPSA) is 49.9 Å². The van der Waals surface area contributed by atoms with Crippen LogP contribution in [-0.2, 0) is 13.0 Å². The Balaban J connectivity index is 1.78. The molecule has 0 atom stereocenters. The van der Waals surface area contributed by atoms with Gasteiger partial charge in [-0.2, -0.15) is 5.10 Å². The van der Waals surface area contributed by atoms with Crippen LogP contribution in [0.4, 0.5) is 0 Å². The smallest absolute Gasteiger partial charge is 0.122 e. The average molecular weight is 231 g/mol. The maximum absolute atomic E-state index is 5.30. The molecular weight excluding hydrogens is 214 g/mol. The van der Waals surface area contributed by atoms with Gasteiger partial charge >= 0.3 is 0 Å². The second-order valence-corrected chi connectivity index (χ2v) is 3.82. The first-order valence-electron chi connectivity index (χ1n) is 5.71. The van der Waals surface area contributed by atoms with E-state index in [1.54, 1.807) is 13.3 Å². The van der Waals surface area contributed by atoms with E-state index in [2.05, 4.69) is 21.6 Å². The largest absolute Gasteiger partial charge is 0.496 e. The number of methoxy groups -OCH3 is 1. The zero-order chi connectivity index (χ0) is 11.9. The molecule has 0 fully saturated rings.